The van der Waals surface area contributed by atoms with Crippen molar-refractivity contribution in [1.29, 1.82) is 0 Å². The lowest BCUT2D eigenvalue weighted by atomic mass is 10.2. The van der Waals surface area contributed by atoms with Crippen LogP contribution in [0.5, 0.6) is 0 Å². The normalized spacial score (nSPS) is 13.9. The molecule has 0 unspecified atom stereocenters. The van der Waals surface area contributed by atoms with E-state index in [1.165, 1.54) is 12.8 Å². The van der Waals surface area contributed by atoms with Gasteiger partial charge in [0.25, 0.3) is 0 Å². The Morgan fingerprint density at radius 1 is 1.36 bits per heavy atom. The Hall–Kier alpha value is -1.40. The highest BCUT2D eigenvalue weighted by Crippen LogP contribution is 2.28. The average Bonchev–Trinajstić information content (AvgIpc) is 3.27. The Balaban J connectivity index is 1.90. The van der Waals surface area contributed by atoms with Crippen LogP contribution in [0.25, 0.3) is 0 Å². The van der Waals surface area contributed by atoms with Crippen LogP contribution in [-0.2, 0) is 20.9 Å². The fourth-order valence-electron chi connectivity index (χ4n) is 2.07. The maximum Gasteiger partial charge on any atom is 0.305 e. The van der Waals surface area contributed by atoms with Gasteiger partial charge < -0.3 is 14.7 Å². The Morgan fingerprint density at radius 3 is 2.77 bits per heavy atom. The molecule has 1 aliphatic carbocycles. The number of carbonyl (C=O) groups excluding carboxylic acids is 1. The molecular weight excluding hydrogens is 350 g/mol. The number of carboxylic acids is 1. The second kappa shape index (κ2) is 8.29. The highest BCUT2D eigenvalue weighted by atomic mass is 79.9. The molecule has 6 heteroatoms. The molecule has 0 aromatic heterocycles. The van der Waals surface area contributed by atoms with Crippen molar-refractivity contribution in [3.8, 4) is 0 Å². The molecule has 0 atom stereocenters. The van der Waals surface area contributed by atoms with E-state index in [0.29, 0.717) is 19.1 Å². The fraction of sp³-hybridized carbons (Fsp3) is 0.500. The van der Waals surface area contributed by atoms with Gasteiger partial charge in [-0.25, -0.2) is 0 Å². The number of rotatable bonds is 9. The first kappa shape index (κ1) is 17.0. The van der Waals surface area contributed by atoms with Crippen LogP contribution in [-0.4, -0.2) is 41.6 Å². The van der Waals surface area contributed by atoms with Gasteiger partial charge in [0.05, 0.1) is 13.0 Å². The maximum absolute atomic E-state index is 12.2. The van der Waals surface area contributed by atoms with E-state index < -0.39 is 5.97 Å². The molecule has 1 saturated carbocycles. The van der Waals surface area contributed by atoms with Gasteiger partial charge in [0.15, 0.2) is 0 Å². The van der Waals surface area contributed by atoms with E-state index >= 15 is 0 Å². The number of amides is 1. The van der Waals surface area contributed by atoms with Crippen molar-refractivity contribution in [2.75, 3.05) is 19.8 Å². The first-order valence-corrected chi connectivity index (χ1v) is 8.15. The zero-order chi connectivity index (χ0) is 15.9. The minimum absolute atomic E-state index is 0.0180. The van der Waals surface area contributed by atoms with Gasteiger partial charge in [0.1, 0.15) is 6.61 Å². The molecule has 1 amide bonds. The summed E-state index contributed by atoms with van der Waals surface area (Å²) in [4.78, 5) is 24.6. The molecule has 1 fully saturated rings. The summed E-state index contributed by atoms with van der Waals surface area (Å²) in [5.74, 6) is -0.474. The number of aliphatic carboxylic acids is 1. The quantitative estimate of drug-likeness (QED) is 0.726. The number of benzene rings is 1. The van der Waals surface area contributed by atoms with Gasteiger partial charge in [-0.05, 0) is 36.5 Å². The summed E-state index contributed by atoms with van der Waals surface area (Å²) in [6, 6.07) is 7.64. The van der Waals surface area contributed by atoms with Gasteiger partial charge in [-0.3, -0.25) is 9.59 Å². The zero-order valence-corrected chi connectivity index (χ0v) is 13.9. The third-order valence-electron chi connectivity index (χ3n) is 3.49. The van der Waals surface area contributed by atoms with Crippen LogP contribution < -0.4 is 0 Å². The predicted octanol–water partition coefficient (Wildman–Crippen LogP) is 2.68. The predicted molar refractivity (Wildman–Crippen MR) is 85.4 cm³/mol. The third kappa shape index (κ3) is 6.15. The molecule has 0 bridgehead atoms. The Bertz CT molecular complexity index is 531. The monoisotopic (exact) mass is 369 g/mol. The average molecular weight is 370 g/mol. The van der Waals surface area contributed by atoms with Crippen LogP contribution in [0.15, 0.2) is 28.7 Å². The summed E-state index contributed by atoms with van der Waals surface area (Å²) >= 11 is 3.39. The van der Waals surface area contributed by atoms with Gasteiger partial charge in [0, 0.05) is 17.6 Å². The summed E-state index contributed by atoms with van der Waals surface area (Å²) in [5, 5.41) is 8.83. The number of nitrogens with zero attached hydrogens (tertiary/aromatic N) is 1. The number of hydrogen-bond donors (Lipinski definition) is 1. The molecule has 0 radical (unpaired) electrons. The van der Waals surface area contributed by atoms with Crippen LogP contribution in [0.2, 0.25) is 0 Å². The Labute approximate surface area is 138 Å². The fourth-order valence-corrected chi connectivity index (χ4v) is 2.51. The molecule has 22 heavy (non-hydrogen) atoms. The van der Waals surface area contributed by atoms with E-state index in [0.717, 1.165) is 10.0 Å². The highest BCUT2D eigenvalue weighted by Gasteiger charge is 2.22. The van der Waals surface area contributed by atoms with E-state index in [2.05, 4.69) is 15.9 Å². The molecule has 1 aromatic carbocycles. The van der Waals surface area contributed by atoms with Crippen LogP contribution in [0.1, 0.15) is 24.8 Å². The van der Waals surface area contributed by atoms with Gasteiger partial charge in [-0.15, -0.1) is 0 Å². The van der Waals surface area contributed by atoms with Gasteiger partial charge in [-0.1, -0.05) is 28.1 Å². The first-order chi connectivity index (χ1) is 10.5. The summed E-state index contributed by atoms with van der Waals surface area (Å²) in [7, 11) is 0. The smallest absolute Gasteiger partial charge is 0.305 e. The van der Waals surface area contributed by atoms with Crippen LogP contribution in [0.4, 0.5) is 0 Å². The molecule has 0 saturated heterocycles. The molecule has 0 heterocycles. The summed E-state index contributed by atoms with van der Waals surface area (Å²) in [6.07, 6.45) is 2.28. The highest BCUT2D eigenvalue weighted by molar-refractivity contribution is 9.10. The van der Waals surface area contributed by atoms with Crippen molar-refractivity contribution in [2.45, 2.75) is 25.8 Å². The SMILES string of the molecule is O=C(O)CCN(Cc1cccc(Br)c1)C(=O)COCC1CC1. The molecule has 1 N–H and O–H groups in total. The molecule has 0 aliphatic heterocycles. The third-order valence-corrected chi connectivity index (χ3v) is 3.98. The van der Waals surface area contributed by atoms with Crippen molar-refractivity contribution in [2.24, 2.45) is 5.92 Å². The van der Waals surface area contributed by atoms with E-state index in [4.69, 9.17) is 9.84 Å². The number of carboxylic acid groups (broad SMARTS) is 1. The molecule has 5 nitrogen and oxygen atoms in total. The summed E-state index contributed by atoms with van der Waals surface area (Å²) in [6.45, 7) is 1.21. The number of halogens is 1. The second-order valence-electron chi connectivity index (χ2n) is 5.55. The lowest BCUT2D eigenvalue weighted by Gasteiger charge is -2.22. The molecular formula is C16H20BrNO4. The van der Waals surface area contributed by atoms with Crippen LogP contribution in [0.3, 0.4) is 0 Å². The van der Waals surface area contributed by atoms with Crippen molar-refractivity contribution in [3.63, 3.8) is 0 Å². The number of carbonyl (C=O) groups is 2. The molecule has 120 valence electrons. The van der Waals surface area contributed by atoms with E-state index in [9.17, 15) is 9.59 Å². The Kier molecular flexibility index (Phi) is 6.39. The standard InChI is InChI=1S/C16H20BrNO4/c17-14-3-1-2-13(8-14)9-18(7-6-16(20)21)15(19)11-22-10-12-4-5-12/h1-3,8,12H,4-7,9-11H2,(H,20,21). The van der Waals surface area contributed by atoms with E-state index in [1.807, 2.05) is 24.3 Å². The van der Waals surface area contributed by atoms with Crippen LogP contribution in [0, 0.1) is 5.92 Å². The lowest BCUT2D eigenvalue weighted by Crippen LogP contribution is -2.35. The lowest BCUT2D eigenvalue weighted by molar-refractivity contribution is -0.140. The Morgan fingerprint density at radius 2 is 2.14 bits per heavy atom. The largest absolute Gasteiger partial charge is 0.481 e. The topological polar surface area (TPSA) is 66.8 Å². The first-order valence-electron chi connectivity index (χ1n) is 7.36. The van der Waals surface area contributed by atoms with Gasteiger partial charge >= 0.3 is 5.97 Å². The van der Waals surface area contributed by atoms with E-state index in [-0.39, 0.29) is 25.5 Å². The number of ether oxygens (including phenoxy) is 1. The van der Waals surface area contributed by atoms with Gasteiger partial charge in [0.2, 0.25) is 5.91 Å². The number of hydrogen-bond acceptors (Lipinski definition) is 3. The summed E-state index contributed by atoms with van der Waals surface area (Å²) < 4.78 is 6.35. The zero-order valence-electron chi connectivity index (χ0n) is 12.3. The minimum Gasteiger partial charge on any atom is -0.481 e. The van der Waals surface area contributed by atoms with Crippen LogP contribution >= 0.6 is 15.9 Å². The molecule has 1 aromatic rings. The van der Waals surface area contributed by atoms with Gasteiger partial charge in [-0.2, -0.15) is 0 Å². The minimum atomic E-state index is -0.911. The molecule has 1 aliphatic rings. The summed E-state index contributed by atoms with van der Waals surface area (Å²) in [5.41, 5.74) is 0.954. The second-order valence-corrected chi connectivity index (χ2v) is 6.46. The van der Waals surface area contributed by atoms with Crippen molar-refractivity contribution in [3.05, 3.63) is 34.3 Å². The van der Waals surface area contributed by atoms with Crippen molar-refractivity contribution >= 4 is 27.8 Å². The maximum atomic E-state index is 12.2. The van der Waals surface area contributed by atoms with Crippen molar-refractivity contribution in [1.82, 2.24) is 4.90 Å². The van der Waals surface area contributed by atoms with E-state index in [1.54, 1.807) is 4.90 Å². The molecule has 0 spiro atoms. The van der Waals surface area contributed by atoms with Crippen molar-refractivity contribution < 1.29 is 19.4 Å². The molecule has 2 rings (SSSR count).